The molecule has 1 heterocycles. The number of halogens is 8. The molecule has 0 aliphatic carbocycles. The number of urea groups is 1. The Labute approximate surface area is 173 Å². The number of fused-ring (bicyclic) bond motifs is 1. The van der Waals surface area contributed by atoms with Crippen LogP contribution in [0.2, 0.25) is 10.0 Å². The van der Waals surface area contributed by atoms with Crippen molar-refractivity contribution in [3.63, 3.8) is 0 Å². The molecule has 0 saturated heterocycles. The minimum Gasteiger partial charge on any atom is -0.424 e. The van der Waals surface area contributed by atoms with Crippen LogP contribution in [0.4, 0.5) is 36.8 Å². The third-order valence-corrected chi connectivity index (χ3v) is 4.21. The summed E-state index contributed by atoms with van der Waals surface area (Å²) in [5.41, 5.74) is -0.138. The van der Waals surface area contributed by atoms with Crippen LogP contribution in [-0.4, -0.2) is 24.5 Å². The first-order valence-electron chi connectivity index (χ1n) is 7.67. The Balaban J connectivity index is 1.75. The van der Waals surface area contributed by atoms with Gasteiger partial charge in [0.1, 0.15) is 5.75 Å². The minimum atomic E-state index is -5.24. The molecule has 1 aliphatic rings. The van der Waals surface area contributed by atoms with Gasteiger partial charge in [0, 0.05) is 17.8 Å². The number of anilines is 1. The zero-order valence-electron chi connectivity index (χ0n) is 14.1. The van der Waals surface area contributed by atoms with Gasteiger partial charge < -0.3 is 19.5 Å². The summed E-state index contributed by atoms with van der Waals surface area (Å²) < 4.78 is 90.4. The van der Waals surface area contributed by atoms with Gasteiger partial charge in [-0.2, -0.15) is 13.2 Å². The Morgan fingerprint density at radius 2 is 1.43 bits per heavy atom. The Morgan fingerprint density at radius 3 is 1.87 bits per heavy atom. The van der Waals surface area contributed by atoms with Crippen molar-refractivity contribution < 1.29 is 45.3 Å². The fourth-order valence-corrected chi connectivity index (χ4v) is 2.60. The van der Waals surface area contributed by atoms with Crippen LogP contribution in [0.25, 0.3) is 0 Å². The molecule has 30 heavy (non-hydrogen) atoms. The molecule has 0 radical (unpaired) electrons. The van der Waals surface area contributed by atoms with Crippen LogP contribution in [0.15, 0.2) is 36.4 Å². The van der Waals surface area contributed by atoms with Crippen molar-refractivity contribution in [1.29, 1.82) is 0 Å². The third kappa shape index (κ3) is 4.70. The van der Waals surface area contributed by atoms with Gasteiger partial charge in [0.25, 0.3) is 0 Å². The molecule has 0 unspecified atom stereocenters. The zero-order valence-corrected chi connectivity index (χ0v) is 15.6. The van der Waals surface area contributed by atoms with Gasteiger partial charge in [-0.25, -0.2) is 4.79 Å². The predicted molar refractivity (Wildman–Crippen MR) is 91.8 cm³/mol. The number of benzene rings is 2. The molecule has 0 saturated carbocycles. The molecular formula is C16H8Cl2F6N2O4. The van der Waals surface area contributed by atoms with Crippen molar-refractivity contribution in [2.45, 2.75) is 18.4 Å². The van der Waals surface area contributed by atoms with Crippen LogP contribution < -0.4 is 24.8 Å². The molecule has 6 nitrogen and oxygen atoms in total. The summed E-state index contributed by atoms with van der Waals surface area (Å²) in [7, 11) is 0. The average Bonchev–Trinajstić information content (AvgIpc) is 2.93. The van der Waals surface area contributed by atoms with E-state index in [4.69, 9.17) is 32.7 Å². The van der Waals surface area contributed by atoms with E-state index in [2.05, 4.69) is 4.74 Å². The van der Waals surface area contributed by atoms with Crippen molar-refractivity contribution in [2.75, 3.05) is 5.32 Å². The van der Waals surface area contributed by atoms with Gasteiger partial charge in [-0.15, -0.1) is 13.2 Å². The molecule has 1 aliphatic heterocycles. The summed E-state index contributed by atoms with van der Waals surface area (Å²) in [6.45, 7) is 0. The first kappa shape index (κ1) is 22.0. The van der Waals surface area contributed by atoms with Crippen molar-refractivity contribution in [2.24, 2.45) is 0 Å². The number of alkyl halides is 6. The fourth-order valence-electron chi connectivity index (χ4n) is 2.29. The first-order valence-corrected chi connectivity index (χ1v) is 8.42. The highest BCUT2D eigenvalue weighted by Crippen LogP contribution is 2.48. The fraction of sp³-hybridized carbons (Fsp3) is 0.188. The largest absolute Gasteiger partial charge is 0.573 e. The van der Waals surface area contributed by atoms with Gasteiger partial charge in [0.2, 0.25) is 0 Å². The van der Waals surface area contributed by atoms with E-state index in [0.29, 0.717) is 0 Å². The van der Waals surface area contributed by atoms with Crippen LogP contribution in [-0.2, 0) is 0 Å². The van der Waals surface area contributed by atoms with E-state index in [9.17, 15) is 31.1 Å². The number of ether oxygens (including phenoxy) is 3. The van der Waals surface area contributed by atoms with Crippen LogP contribution in [0.1, 0.15) is 0 Å². The molecule has 0 aromatic heterocycles. The maximum absolute atomic E-state index is 13.6. The number of carbonyl (C=O) groups is 1. The molecule has 2 aromatic carbocycles. The maximum Gasteiger partial charge on any atom is 0.573 e. The Bertz CT molecular complexity index is 935. The topological polar surface area (TPSA) is 68.8 Å². The summed E-state index contributed by atoms with van der Waals surface area (Å²) >= 11 is 11.5. The number of rotatable bonds is 3. The zero-order chi connectivity index (χ0) is 22.3. The summed E-state index contributed by atoms with van der Waals surface area (Å²) in [6, 6.07) is 4.19. The van der Waals surface area contributed by atoms with E-state index in [1.165, 1.54) is 5.32 Å². The van der Waals surface area contributed by atoms with E-state index >= 15 is 0 Å². The predicted octanol–water partition coefficient (Wildman–Crippen LogP) is 5.70. The van der Waals surface area contributed by atoms with Crippen molar-refractivity contribution in [3.8, 4) is 17.2 Å². The molecule has 2 N–H and O–H groups in total. The van der Waals surface area contributed by atoms with Gasteiger partial charge >= 0.3 is 24.5 Å². The molecule has 0 fully saturated rings. The number of carbonyl (C=O) groups excluding carboxylic acids is 1. The Kier molecular flexibility index (Phi) is 5.50. The van der Waals surface area contributed by atoms with Gasteiger partial charge in [-0.3, -0.25) is 5.32 Å². The van der Waals surface area contributed by atoms with Crippen LogP contribution in [0.3, 0.4) is 0 Å². The Hall–Kier alpha value is -2.73. The lowest BCUT2D eigenvalue weighted by molar-refractivity contribution is -0.317. The summed E-state index contributed by atoms with van der Waals surface area (Å²) in [6.07, 6.45) is -10.2. The van der Waals surface area contributed by atoms with Crippen LogP contribution >= 0.6 is 23.2 Å². The number of hydrogen-bond acceptors (Lipinski definition) is 4. The van der Waals surface area contributed by atoms with Crippen molar-refractivity contribution in [1.82, 2.24) is 5.32 Å². The lowest BCUT2D eigenvalue weighted by Crippen LogP contribution is -2.65. The second kappa shape index (κ2) is 7.51. The number of nitrogens with one attached hydrogen (secondary N) is 2. The summed E-state index contributed by atoms with van der Waals surface area (Å²) in [5.74, 6) is -5.02. The SMILES string of the molecule is O=C(Nc1ccc(OC(F)(F)F)cc1)NC1(C(F)(F)F)Oc2cc(Cl)c(Cl)cc2O1. The quantitative estimate of drug-likeness (QED) is 0.557. The van der Waals surface area contributed by atoms with Crippen LogP contribution in [0, 0.1) is 0 Å². The molecule has 0 atom stereocenters. The van der Waals surface area contributed by atoms with E-state index in [1.807, 2.05) is 5.32 Å². The summed E-state index contributed by atoms with van der Waals surface area (Å²) in [5, 5.41) is 3.29. The first-order chi connectivity index (χ1) is 13.8. The highest BCUT2D eigenvalue weighted by atomic mass is 35.5. The highest BCUT2D eigenvalue weighted by Gasteiger charge is 2.66. The van der Waals surface area contributed by atoms with E-state index in [-0.39, 0.29) is 15.7 Å². The normalized spacial score (nSPS) is 14.9. The number of hydrogen-bond donors (Lipinski definition) is 2. The molecule has 3 rings (SSSR count). The molecule has 0 spiro atoms. The summed E-state index contributed by atoms with van der Waals surface area (Å²) in [4.78, 5) is 12.1. The smallest absolute Gasteiger partial charge is 0.424 e. The van der Waals surface area contributed by atoms with Gasteiger partial charge in [-0.05, 0) is 24.3 Å². The molecule has 162 valence electrons. The standard InChI is InChI=1S/C16H8Cl2F6N2O4/c17-9-5-11-12(6-10(9)18)30-15(29-11,14(19,20)21)26-13(27)25-7-1-3-8(4-2-7)28-16(22,23)24/h1-6H,(H2,25,26,27). The van der Waals surface area contributed by atoms with Crippen molar-refractivity contribution >= 4 is 34.9 Å². The maximum atomic E-state index is 13.6. The second-order valence-electron chi connectivity index (χ2n) is 5.68. The molecule has 0 bridgehead atoms. The van der Waals surface area contributed by atoms with Gasteiger partial charge in [0.15, 0.2) is 11.5 Å². The monoisotopic (exact) mass is 476 g/mol. The van der Waals surface area contributed by atoms with E-state index in [0.717, 1.165) is 36.4 Å². The Morgan fingerprint density at radius 1 is 0.933 bits per heavy atom. The van der Waals surface area contributed by atoms with E-state index in [1.54, 1.807) is 0 Å². The molecule has 2 aromatic rings. The molecular weight excluding hydrogens is 469 g/mol. The lowest BCUT2D eigenvalue weighted by Gasteiger charge is -2.29. The average molecular weight is 477 g/mol. The molecule has 14 heteroatoms. The van der Waals surface area contributed by atoms with Crippen LogP contribution in [0.5, 0.6) is 17.2 Å². The lowest BCUT2D eigenvalue weighted by atomic mass is 10.3. The minimum absolute atomic E-state index is 0.109. The number of amides is 2. The second-order valence-corrected chi connectivity index (χ2v) is 6.50. The van der Waals surface area contributed by atoms with Gasteiger partial charge in [0.05, 0.1) is 10.0 Å². The molecule has 2 amide bonds. The van der Waals surface area contributed by atoms with Gasteiger partial charge in [-0.1, -0.05) is 23.2 Å². The highest BCUT2D eigenvalue weighted by molar-refractivity contribution is 6.42. The van der Waals surface area contributed by atoms with E-state index < -0.39 is 41.7 Å². The van der Waals surface area contributed by atoms with Crippen molar-refractivity contribution in [3.05, 3.63) is 46.4 Å². The third-order valence-electron chi connectivity index (χ3n) is 3.49.